The average Bonchev–Trinajstić information content (AvgIpc) is 2.06. The highest BCUT2D eigenvalue weighted by Crippen LogP contribution is 2.01. The topological polar surface area (TPSA) is 23.6 Å². The summed E-state index contributed by atoms with van der Waals surface area (Å²) in [7, 11) is 0. The lowest BCUT2D eigenvalue weighted by Gasteiger charge is -2.33. The summed E-state index contributed by atoms with van der Waals surface area (Å²) in [5, 5.41) is 0. The van der Waals surface area contributed by atoms with E-state index in [1.807, 2.05) is 17.9 Å². The van der Waals surface area contributed by atoms with Crippen LogP contribution >= 0.6 is 0 Å². The van der Waals surface area contributed by atoms with Crippen molar-refractivity contribution < 1.29 is 4.79 Å². The van der Waals surface area contributed by atoms with E-state index in [2.05, 4.69) is 11.1 Å². The molecule has 1 heterocycles. The Bertz CT molecular complexity index is 181. The van der Waals surface area contributed by atoms with Gasteiger partial charge < -0.3 is 9.80 Å². The van der Waals surface area contributed by atoms with Gasteiger partial charge in [0.05, 0.1) is 0 Å². The van der Waals surface area contributed by atoms with Gasteiger partial charge in [-0.3, -0.25) is 4.79 Å². The molecule has 0 N–H and O–H groups in total. The smallest absolute Gasteiger partial charge is 0.219 e. The SMILES string of the molecule is CC=CN1CCN(C(C)=O)CC1. The van der Waals surface area contributed by atoms with Gasteiger partial charge in [0.15, 0.2) is 0 Å². The minimum Gasteiger partial charge on any atom is -0.374 e. The molecule has 0 saturated carbocycles. The molecule has 0 atom stereocenters. The molecule has 3 heteroatoms. The van der Waals surface area contributed by atoms with Gasteiger partial charge in [0, 0.05) is 33.1 Å². The number of hydrogen-bond acceptors (Lipinski definition) is 2. The van der Waals surface area contributed by atoms with Crippen LogP contribution < -0.4 is 0 Å². The Kier molecular flexibility index (Phi) is 3.14. The largest absolute Gasteiger partial charge is 0.374 e. The molecule has 1 aliphatic rings. The third-order valence-electron chi connectivity index (χ3n) is 2.12. The molecule has 12 heavy (non-hydrogen) atoms. The standard InChI is InChI=1S/C9H16N2O/c1-3-4-10-5-7-11(8-6-10)9(2)12/h3-4H,5-8H2,1-2H3. The molecule has 68 valence electrons. The third-order valence-corrected chi connectivity index (χ3v) is 2.12. The zero-order valence-corrected chi connectivity index (χ0v) is 7.79. The molecule has 1 fully saturated rings. The van der Waals surface area contributed by atoms with Gasteiger partial charge in [-0.15, -0.1) is 0 Å². The fourth-order valence-electron chi connectivity index (χ4n) is 1.40. The summed E-state index contributed by atoms with van der Waals surface area (Å²) < 4.78 is 0. The van der Waals surface area contributed by atoms with Crippen LogP contribution in [0, 0.1) is 0 Å². The second-order valence-corrected chi connectivity index (χ2v) is 3.02. The molecule has 1 rings (SSSR count). The molecule has 0 aromatic carbocycles. The maximum Gasteiger partial charge on any atom is 0.219 e. The highest BCUT2D eigenvalue weighted by atomic mass is 16.2. The minimum absolute atomic E-state index is 0.190. The molecule has 0 spiro atoms. The Labute approximate surface area is 73.6 Å². The number of carbonyl (C=O) groups excluding carboxylic acids is 1. The molecular weight excluding hydrogens is 152 g/mol. The lowest BCUT2D eigenvalue weighted by atomic mass is 10.3. The van der Waals surface area contributed by atoms with Gasteiger partial charge in [-0.1, -0.05) is 6.08 Å². The molecule has 0 aromatic rings. The van der Waals surface area contributed by atoms with Gasteiger partial charge in [-0.25, -0.2) is 0 Å². The van der Waals surface area contributed by atoms with Crippen molar-refractivity contribution in [1.82, 2.24) is 9.80 Å². The number of hydrogen-bond donors (Lipinski definition) is 0. The molecule has 0 unspecified atom stereocenters. The van der Waals surface area contributed by atoms with Crippen LogP contribution in [0.25, 0.3) is 0 Å². The number of carbonyl (C=O) groups is 1. The molecule has 3 nitrogen and oxygen atoms in total. The lowest BCUT2D eigenvalue weighted by molar-refractivity contribution is -0.130. The van der Waals surface area contributed by atoms with Gasteiger partial charge >= 0.3 is 0 Å². The minimum atomic E-state index is 0.190. The normalized spacial score (nSPS) is 18.8. The van der Waals surface area contributed by atoms with E-state index >= 15 is 0 Å². The van der Waals surface area contributed by atoms with E-state index < -0.39 is 0 Å². The monoisotopic (exact) mass is 168 g/mol. The summed E-state index contributed by atoms with van der Waals surface area (Å²) in [6.45, 7) is 7.29. The highest BCUT2D eigenvalue weighted by molar-refractivity contribution is 5.73. The number of amides is 1. The Morgan fingerprint density at radius 2 is 1.83 bits per heavy atom. The molecule has 0 radical (unpaired) electrons. The predicted molar refractivity (Wildman–Crippen MR) is 48.6 cm³/mol. The zero-order chi connectivity index (χ0) is 8.97. The molecular formula is C9H16N2O. The van der Waals surface area contributed by atoms with Crippen LogP contribution in [0.2, 0.25) is 0 Å². The fraction of sp³-hybridized carbons (Fsp3) is 0.667. The van der Waals surface area contributed by atoms with E-state index in [9.17, 15) is 4.79 Å². The van der Waals surface area contributed by atoms with Crippen LogP contribution in [0.15, 0.2) is 12.3 Å². The van der Waals surface area contributed by atoms with Crippen molar-refractivity contribution in [3.8, 4) is 0 Å². The van der Waals surface area contributed by atoms with E-state index in [1.54, 1.807) is 6.92 Å². The molecule has 0 aliphatic carbocycles. The van der Waals surface area contributed by atoms with E-state index in [-0.39, 0.29) is 5.91 Å². The zero-order valence-electron chi connectivity index (χ0n) is 7.79. The second kappa shape index (κ2) is 4.14. The Hall–Kier alpha value is -0.990. The first kappa shape index (κ1) is 9.10. The van der Waals surface area contributed by atoms with Crippen molar-refractivity contribution in [2.24, 2.45) is 0 Å². The summed E-state index contributed by atoms with van der Waals surface area (Å²) in [6, 6.07) is 0. The first-order valence-electron chi connectivity index (χ1n) is 4.36. The Morgan fingerprint density at radius 1 is 1.25 bits per heavy atom. The average molecular weight is 168 g/mol. The summed E-state index contributed by atoms with van der Waals surface area (Å²) in [4.78, 5) is 15.1. The van der Waals surface area contributed by atoms with Gasteiger partial charge in [-0.2, -0.15) is 0 Å². The van der Waals surface area contributed by atoms with Crippen LogP contribution in [0.5, 0.6) is 0 Å². The van der Waals surface area contributed by atoms with Crippen molar-refractivity contribution >= 4 is 5.91 Å². The van der Waals surface area contributed by atoms with E-state index in [0.29, 0.717) is 0 Å². The quantitative estimate of drug-likeness (QED) is 0.575. The third kappa shape index (κ3) is 2.26. The van der Waals surface area contributed by atoms with Gasteiger partial charge in [-0.05, 0) is 13.1 Å². The van der Waals surface area contributed by atoms with Crippen molar-refractivity contribution in [3.63, 3.8) is 0 Å². The van der Waals surface area contributed by atoms with Crippen LogP contribution in [0.4, 0.5) is 0 Å². The van der Waals surface area contributed by atoms with E-state index in [1.165, 1.54) is 0 Å². The Morgan fingerprint density at radius 3 is 2.25 bits per heavy atom. The number of rotatable bonds is 1. The first-order chi connectivity index (χ1) is 5.74. The molecule has 0 aromatic heterocycles. The molecule has 1 saturated heterocycles. The maximum absolute atomic E-state index is 11.0. The summed E-state index contributed by atoms with van der Waals surface area (Å²) in [5.74, 6) is 0.190. The van der Waals surface area contributed by atoms with Crippen LogP contribution in [0.3, 0.4) is 0 Å². The van der Waals surface area contributed by atoms with Gasteiger partial charge in [0.25, 0.3) is 0 Å². The van der Waals surface area contributed by atoms with E-state index in [0.717, 1.165) is 26.2 Å². The molecule has 1 amide bonds. The number of allylic oxidation sites excluding steroid dienone is 1. The lowest BCUT2D eigenvalue weighted by Crippen LogP contribution is -2.45. The number of piperazine rings is 1. The first-order valence-corrected chi connectivity index (χ1v) is 4.36. The number of nitrogens with zero attached hydrogens (tertiary/aromatic N) is 2. The second-order valence-electron chi connectivity index (χ2n) is 3.02. The van der Waals surface area contributed by atoms with Crippen molar-refractivity contribution in [2.45, 2.75) is 13.8 Å². The van der Waals surface area contributed by atoms with Crippen molar-refractivity contribution in [2.75, 3.05) is 26.2 Å². The maximum atomic E-state index is 11.0. The van der Waals surface area contributed by atoms with Crippen LogP contribution in [0.1, 0.15) is 13.8 Å². The van der Waals surface area contributed by atoms with E-state index in [4.69, 9.17) is 0 Å². The van der Waals surface area contributed by atoms with Crippen molar-refractivity contribution in [1.29, 1.82) is 0 Å². The summed E-state index contributed by atoms with van der Waals surface area (Å²) in [5.41, 5.74) is 0. The molecule has 0 bridgehead atoms. The Balaban J connectivity index is 2.34. The summed E-state index contributed by atoms with van der Waals surface area (Å²) in [6.07, 6.45) is 4.11. The van der Waals surface area contributed by atoms with Crippen LogP contribution in [-0.2, 0) is 4.79 Å². The van der Waals surface area contributed by atoms with Gasteiger partial charge in [0.1, 0.15) is 0 Å². The summed E-state index contributed by atoms with van der Waals surface area (Å²) >= 11 is 0. The predicted octanol–water partition coefficient (Wildman–Crippen LogP) is 0.684. The molecule has 1 aliphatic heterocycles. The van der Waals surface area contributed by atoms with Crippen LogP contribution in [-0.4, -0.2) is 41.9 Å². The fourth-order valence-corrected chi connectivity index (χ4v) is 1.40. The van der Waals surface area contributed by atoms with Gasteiger partial charge in [0.2, 0.25) is 5.91 Å². The highest BCUT2D eigenvalue weighted by Gasteiger charge is 2.15. The van der Waals surface area contributed by atoms with Crippen molar-refractivity contribution in [3.05, 3.63) is 12.3 Å².